The number of hydrogen-bond donors (Lipinski definition) is 0. The molecule has 0 saturated heterocycles. The highest BCUT2D eigenvalue weighted by molar-refractivity contribution is 7.45. The van der Waals surface area contributed by atoms with E-state index in [1.807, 2.05) is 46.6 Å². The van der Waals surface area contributed by atoms with E-state index in [1.165, 1.54) is 7.11 Å². The van der Waals surface area contributed by atoms with Crippen molar-refractivity contribution in [3.63, 3.8) is 0 Å². The molecule has 34 heavy (non-hydrogen) atoms. The number of nitrogens with zero attached hydrogens (tertiary/aromatic N) is 1. The molecule has 0 aromatic rings. The van der Waals surface area contributed by atoms with Crippen LogP contribution in [0.4, 0.5) is 0 Å². The van der Waals surface area contributed by atoms with Crippen LogP contribution in [0.1, 0.15) is 91.0 Å². The standard InChI is InChI=1S/C13H28NO6P.C7H14O2.4CH4/c1-6-13(3,4)12(15)18-10-11-20-21(16,17)19-9-8-14(5)7-2;1-5-7(2,3)6(8)9-4;;;;/h6-11H2,1-5H3,(H,16,17);5H2,1-4H3;4*1H4/p-1. The summed E-state index contributed by atoms with van der Waals surface area (Å²) in [6, 6.07) is 0. The molecule has 1 unspecified atom stereocenters. The molecule has 0 saturated carbocycles. The first-order chi connectivity index (χ1) is 13.7. The highest BCUT2D eigenvalue weighted by atomic mass is 31.2. The van der Waals surface area contributed by atoms with Gasteiger partial charge in [-0.2, -0.15) is 0 Å². The number of methoxy groups -OCH3 is 1. The largest absolute Gasteiger partial charge is 0.756 e. The van der Waals surface area contributed by atoms with Crippen molar-refractivity contribution in [2.45, 2.75) is 91.0 Å². The van der Waals surface area contributed by atoms with Crippen molar-refractivity contribution in [1.29, 1.82) is 0 Å². The topological polar surface area (TPSA) is 114 Å². The van der Waals surface area contributed by atoms with Gasteiger partial charge in [0.25, 0.3) is 7.82 Å². The number of likely N-dealkylation sites (N-methyl/N-ethyl adjacent to an activating group) is 1. The molecule has 1 atom stereocenters. The van der Waals surface area contributed by atoms with Crippen LogP contribution in [-0.4, -0.2) is 63.9 Å². The second-order valence-corrected chi connectivity index (χ2v) is 9.52. The van der Waals surface area contributed by atoms with Gasteiger partial charge in [0, 0.05) is 6.54 Å². The van der Waals surface area contributed by atoms with Crippen LogP contribution in [0.15, 0.2) is 0 Å². The summed E-state index contributed by atoms with van der Waals surface area (Å²) in [4.78, 5) is 35.8. The average molecular weight is 519 g/mol. The number of rotatable bonds is 13. The normalized spacial score (nSPS) is 12.2. The Morgan fingerprint density at radius 1 is 0.824 bits per heavy atom. The third kappa shape index (κ3) is 21.5. The lowest BCUT2D eigenvalue weighted by Crippen LogP contribution is -2.27. The van der Waals surface area contributed by atoms with Crippen molar-refractivity contribution in [3.05, 3.63) is 0 Å². The molecule has 212 valence electrons. The maximum atomic E-state index is 11.6. The Hall–Kier alpha value is -0.990. The van der Waals surface area contributed by atoms with Gasteiger partial charge in [0.15, 0.2) is 0 Å². The van der Waals surface area contributed by atoms with E-state index in [1.54, 1.807) is 13.8 Å². The molecule has 0 fully saturated rings. The molecule has 0 aromatic heterocycles. The zero-order valence-corrected chi connectivity index (χ0v) is 21.0. The lowest BCUT2D eigenvalue weighted by molar-refractivity contribution is -0.226. The number of phosphoric ester groups is 1. The van der Waals surface area contributed by atoms with Gasteiger partial charge in [-0.25, -0.2) is 0 Å². The van der Waals surface area contributed by atoms with E-state index in [0.717, 1.165) is 13.0 Å². The molecule has 0 radical (unpaired) electrons. The minimum Gasteiger partial charge on any atom is -0.756 e. The molecule has 9 nitrogen and oxygen atoms in total. The molecule has 0 spiro atoms. The Bertz CT molecular complexity index is 553. The Morgan fingerprint density at radius 2 is 1.24 bits per heavy atom. The SMILES string of the molecule is C.C.C.C.CCC(C)(C)C(=O)OC.CCN(C)CCOP(=O)([O-])OCCOC(=O)C(C)(C)CC. The molecule has 0 aromatic carbocycles. The Morgan fingerprint density at radius 3 is 1.59 bits per heavy atom. The monoisotopic (exact) mass is 518 g/mol. The van der Waals surface area contributed by atoms with Crippen LogP contribution < -0.4 is 4.89 Å². The molecule has 0 aliphatic rings. The van der Waals surface area contributed by atoms with Crippen LogP contribution in [-0.2, 0) is 32.7 Å². The second kappa shape index (κ2) is 22.5. The summed E-state index contributed by atoms with van der Waals surface area (Å²) in [6.45, 7) is 14.1. The molecule has 0 aliphatic heterocycles. The van der Waals surface area contributed by atoms with Crippen LogP contribution in [0.5, 0.6) is 0 Å². The summed E-state index contributed by atoms with van der Waals surface area (Å²) in [5.74, 6) is -0.509. The molecule has 10 heteroatoms. The van der Waals surface area contributed by atoms with Crippen LogP contribution in [0.2, 0.25) is 0 Å². The summed E-state index contributed by atoms with van der Waals surface area (Å²) in [7, 11) is -1.06. The minimum absolute atomic E-state index is 0. The number of esters is 2. The summed E-state index contributed by atoms with van der Waals surface area (Å²) in [6.07, 6.45) is 1.46. The number of phosphoric acid groups is 1. The summed E-state index contributed by atoms with van der Waals surface area (Å²) >= 11 is 0. The van der Waals surface area contributed by atoms with Crippen molar-refractivity contribution in [2.75, 3.05) is 47.1 Å². The summed E-state index contributed by atoms with van der Waals surface area (Å²) in [5.41, 5.74) is -0.892. The smallest absolute Gasteiger partial charge is 0.311 e. The third-order valence-electron chi connectivity index (χ3n) is 4.89. The zero-order chi connectivity index (χ0) is 24.0. The Labute approximate surface area is 211 Å². The van der Waals surface area contributed by atoms with E-state index < -0.39 is 13.2 Å². The van der Waals surface area contributed by atoms with E-state index >= 15 is 0 Å². The molecular formula is C24H57NO8P-. The number of carbonyl (C=O) groups excluding carboxylic acids is 2. The Balaban J connectivity index is -0.000000130. The molecule has 0 amide bonds. The predicted molar refractivity (Wildman–Crippen MR) is 141 cm³/mol. The van der Waals surface area contributed by atoms with Gasteiger partial charge < -0.3 is 28.3 Å². The first kappa shape index (κ1) is 46.4. The predicted octanol–water partition coefficient (Wildman–Crippen LogP) is 5.56. The lowest BCUT2D eigenvalue weighted by Gasteiger charge is -2.24. The lowest BCUT2D eigenvalue weighted by atomic mass is 9.91. The van der Waals surface area contributed by atoms with Crippen molar-refractivity contribution >= 4 is 19.8 Å². The first-order valence-corrected chi connectivity index (χ1v) is 11.7. The average Bonchev–Trinajstić information content (AvgIpc) is 2.70. The van der Waals surface area contributed by atoms with Gasteiger partial charge >= 0.3 is 11.9 Å². The van der Waals surface area contributed by atoms with Crippen LogP contribution in [0, 0.1) is 10.8 Å². The highest BCUT2D eigenvalue weighted by Crippen LogP contribution is 2.37. The van der Waals surface area contributed by atoms with Crippen LogP contribution in [0.3, 0.4) is 0 Å². The van der Waals surface area contributed by atoms with E-state index in [-0.39, 0.29) is 66.9 Å². The Kier molecular flexibility index (Phi) is 30.6. The third-order valence-corrected chi connectivity index (χ3v) is 5.88. The number of carbonyl (C=O) groups is 2. The fraction of sp³-hybridized carbons (Fsp3) is 0.917. The first-order valence-electron chi connectivity index (χ1n) is 10.2. The van der Waals surface area contributed by atoms with E-state index in [9.17, 15) is 19.0 Å². The van der Waals surface area contributed by atoms with E-state index in [2.05, 4.69) is 9.26 Å². The van der Waals surface area contributed by atoms with Gasteiger partial charge in [0.05, 0.1) is 31.2 Å². The molecule has 0 N–H and O–H groups in total. The van der Waals surface area contributed by atoms with Gasteiger partial charge in [-0.05, 0) is 54.1 Å². The number of hydrogen-bond acceptors (Lipinski definition) is 9. The van der Waals surface area contributed by atoms with Crippen molar-refractivity contribution < 1.29 is 37.6 Å². The van der Waals surface area contributed by atoms with Gasteiger partial charge in [-0.1, -0.05) is 50.5 Å². The van der Waals surface area contributed by atoms with Gasteiger partial charge in [-0.15, -0.1) is 0 Å². The molecule has 0 bridgehead atoms. The maximum Gasteiger partial charge on any atom is 0.311 e. The second-order valence-electron chi connectivity index (χ2n) is 8.11. The molecule has 0 rings (SSSR count). The number of ether oxygens (including phenoxy) is 2. The molecule has 0 heterocycles. The van der Waals surface area contributed by atoms with Crippen molar-refractivity contribution in [3.8, 4) is 0 Å². The van der Waals surface area contributed by atoms with Gasteiger partial charge in [0.2, 0.25) is 0 Å². The summed E-state index contributed by atoms with van der Waals surface area (Å²) in [5, 5.41) is 0. The fourth-order valence-electron chi connectivity index (χ4n) is 1.55. The van der Waals surface area contributed by atoms with E-state index in [4.69, 9.17) is 9.26 Å². The molecule has 0 aliphatic carbocycles. The molecular weight excluding hydrogens is 461 g/mol. The summed E-state index contributed by atoms with van der Waals surface area (Å²) < 4.78 is 30.3. The van der Waals surface area contributed by atoms with Gasteiger partial charge in [-0.3, -0.25) is 14.2 Å². The fourth-order valence-corrected chi connectivity index (χ4v) is 2.23. The zero-order valence-electron chi connectivity index (χ0n) is 20.1. The highest BCUT2D eigenvalue weighted by Gasteiger charge is 2.27. The van der Waals surface area contributed by atoms with Crippen molar-refractivity contribution in [1.82, 2.24) is 4.90 Å². The minimum atomic E-state index is -4.33. The van der Waals surface area contributed by atoms with E-state index in [0.29, 0.717) is 13.0 Å². The van der Waals surface area contributed by atoms with Crippen LogP contribution in [0.25, 0.3) is 0 Å². The van der Waals surface area contributed by atoms with Crippen LogP contribution >= 0.6 is 7.82 Å². The van der Waals surface area contributed by atoms with Gasteiger partial charge in [0.1, 0.15) is 6.61 Å². The van der Waals surface area contributed by atoms with Crippen molar-refractivity contribution in [2.24, 2.45) is 10.8 Å². The maximum absolute atomic E-state index is 11.6. The quantitative estimate of drug-likeness (QED) is 0.176.